The number of rotatable bonds is 3. The van der Waals surface area contributed by atoms with Crippen molar-refractivity contribution < 1.29 is 14.3 Å². The number of carbonyl (C=O) groups excluding carboxylic acids is 2. The van der Waals surface area contributed by atoms with Gasteiger partial charge in [0.25, 0.3) is 0 Å². The monoisotopic (exact) mass is 169 g/mol. The first kappa shape index (κ1) is 10.6. The zero-order chi connectivity index (χ0) is 9.56. The fourth-order valence-electron chi connectivity index (χ4n) is 0.552. The molecule has 0 aliphatic heterocycles. The molecule has 0 atom stereocenters. The molecule has 0 radical (unpaired) electrons. The second kappa shape index (κ2) is 5.27. The Kier molecular flexibility index (Phi) is 4.65. The second-order valence-corrected chi connectivity index (χ2v) is 2.33. The molecule has 0 heterocycles. The van der Waals surface area contributed by atoms with Crippen LogP contribution in [0.3, 0.4) is 0 Å². The number of carbonyl (C=O) groups is 1. The number of ether oxygens (including phenoxy) is 1. The summed E-state index contributed by atoms with van der Waals surface area (Å²) in [5, 5.41) is 0. The molecule has 0 aliphatic rings. The van der Waals surface area contributed by atoms with Crippen LogP contribution in [-0.2, 0) is 14.3 Å². The molecule has 0 bridgehead atoms. The average molecular weight is 169 g/mol. The van der Waals surface area contributed by atoms with Crippen molar-refractivity contribution in [3.63, 3.8) is 0 Å². The normalized spacial score (nSPS) is 10.8. The maximum Gasteiger partial charge on any atom is 0.357 e. The molecule has 0 fully saturated rings. The first-order valence-corrected chi connectivity index (χ1v) is 3.57. The molecule has 0 N–H and O–H groups in total. The topological polar surface area (TPSA) is 55.7 Å². The van der Waals surface area contributed by atoms with Gasteiger partial charge in [0.2, 0.25) is 6.08 Å². The van der Waals surface area contributed by atoms with E-state index in [9.17, 15) is 9.59 Å². The lowest BCUT2D eigenvalue weighted by atomic mass is 10.4. The van der Waals surface area contributed by atoms with Crippen LogP contribution in [0.25, 0.3) is 0 Å². The van der Waals surface area contributed by atoms with E-state index in [4.69, 9.17) is 4.74 Å². The van der Waals surface area contributed by atoms with E-state index >= 15 is 0 Å². The van der Waals surface area contributed by atoms with Crippen molar-refractivity contribution >= 4 is 12.0 Å². The van der Waals surface area contributed by atoms with E-state index in [1.165, 1.54) is 12.2 Å². The van der Waals surface area contributed by atoms with Gasteiger partial charge in [0.15, 0.2) is 5.70 Å². The number of nitrogens with zero attached hydrogens (tertiary/aromatic N) is 1. The van der Waals surface area contributed by atoms with Crippen LogP contribution in [0.2, 0.25) is 0 Å². The number of isocyanates is 1. The Morgan fingerprint density at radius 1 is 1.58 bits per heavy atom. The molecule has 0 unspecified atom stereocenters. The van der Waals surface area contributed by atoms with Crippen LogP contribution in [0.5, 0.6) is 0 Å². The van der Waals surface area contributed by atoms with Crippen LogP contribution in [0.15, 0.2) is 16.8 Å². The number of allylic oxidation sites excluding steroid dienone is 1. The van der Waals surface area contributed by atoms with E-state index in [1.807, 2.05) is 0 Å². The summed E-state index contributed by atoms with van der Waals surface area (Å²) in [6.07, 6.45) is 2.46. The third-order valence-electron chi connectivity index (χ3n) is 0.991. The Morgan fingerprint density at radius 2 is 2.17 bits per heavy atom. The van der Waals surface area contributed by atoms with Gasteiger partial charge in [0, 0.05) is 0 Å². The molecule has 12 heavy (non-hydrogen) atoms. The van der Waals surface area contributed by atoms with Crippen molar-refractivity contribution in [3.05, 3.63) is 11.8 Å². The van der Waals surface area contributed by atoms with E-state index in [1.54, 1.807) is 20.8 Å². The Morgan fingerprint density at radius 3 is 2.50 bits per heavy atom. The molecule has 0 saturated heterocycles. The Labute approximate surface area is 70.9 Å². The summed E-state index contributed by atoms with van der Waals surface area (Å²) in [6.45, 7) is 5.03. The minimum absolute atomic E-state index is 0.0151. The quantitative estimate of drug-likeness (QED) is 0.276. The van der Waals surface area contributed by atoms with E-state index < -0.39 is 5.97 Å². The molecule has 0 saturated carbocycles. The molecule has 0 aliphatic carbocycles. The van der Waals surface area contributed by atoms with Crippen LogP contribution in [0, 0.1) is 0 Å². The SMILES string of the molecule is CC=C(N=C=O)C(=O)OC(C)C. The maximum absolute atomic E-state index is 11.0. The Hall–Kier alpha value is -1.41. The fraction of sp³-hybridized carbons (Fsp3) is 0.500. The van der Waals surface area contributed by atoms with Gasteiger partial charge in [0.05, 0.1) is 6.10 Å². The molecule has 0 aromatic rings. The summed E-state index contributed by atoms with van der Waals surface area (Å²) >= 11 is 0. The van der Waals surface area contributed by atoms with Crippen LogP contribution in [-0.4, -0.2) is 18.2 Å². The van der Waals surface area contributed by atoms with Crippen molar-refractivity contribution in [2.24, 2.45) is 4.99 Å². The van der Waals surface area contributed by atoms with Crippen molar-refractivity contribution in [2.45, 2.75) is 26.9 Å². The zero-order valence-electron chi connectivity index (χ0n) is 7.33. The lowest BCUT2D eigenvalue weighted by molar-refractivity contribution is -0.142. The predicted molar refractivity (Wildman–Crippen MR) is 43.1 cm³/mol. The molecule has 66 valence electrons. The molecule has 0 rings (SSSR count). The Bertz CT molecular complexity index is 237. The first-order valence-electron chi connectivity index (χ1n) is 3.57. The summed E-state index contributed by atoms with van der Waals surface area (Å²) in [5.41, 5.74) is -0.0151. The summed E-state index contributed by atoms with van der Waals surface area (Å²) < 4.78 is 4.78. The van der Waals surface area contributed by atoms with Crippen molar-refractivity contribution in [3.8, 4) is 0 Å². The van der Waals surface area contributed by atoms with Crippen molar-refractivity contribution in [2.75, 3.05) is 0 Å². The first-order chi connectivity index (χ1) is 5.61. The van der Waals surface area contributed by atoms with E-state index in [2.05, 4.69) is 4.99 Å². The predicted octanol–water partition coefficient (Wildman–Crippen LogP) is 1.18. The van der Waals surface area contributed by atoms with Gasteiger partial charge in [-0.2, -0.15) is 4.99 Å². The minimum atomic E-state index is -0.601. The van der Waals surface area contributed by atoms with Crippen molar-refractivity contribution in [1.29, 1.82) is 0 Å². The average Bonchev–Trinajstić information content (AvgIpc) is 1.98. The van der Waals surface area contributed by atoms with Crippen LogP contribution < -0.4 is 0 Å². The summed E-state index contributed by atoms with van der Waals surface area (Å²) in [6, 6.07) is 0. The number of hydrogen-bond acceptors (Lipinski definition) is 4. The van der Waals surface area contributed by atoms with E-state index in [0.717, 1.165) is 0 Å². The van der Waals surface area contributed by atoms with E-state index in [0.29, 0.717) is 0 Å². The molecular weight excluding hydrogens is 158 g/mol. The zero-order valence-corrected chi connectivity index (χ0v) is 7.33. The Balaban J connectivity index is 4.34. The van der Waals surface area contributed by atoms with E-state index in [-0.39, 0.29) is 11.8 Å². The maximum atomic E-state index is 11.0. The van der Waals surface area contributed by atoms with Crippen LogP contribution >= 0.6 is 0 Å². The van der Waals surface area contributed by atoms with Gasteiger partial charge in [-0.05, 0) is 20.8 Å². The number of esters is 1. The number of aliphatic imine (C=N–C) groups is 1. The van der Waals surface area contributed by atoms with Gasteiger partial charge in [-0.3, -0.25) is 0 Å². The van der Waals surface area contributed by atoms with Crippen LogP contribution in [0.4, 0.5) is 0 Å². The minimum Gasteiger partial charge on any atom is -0.458 e. The highest BCUT2D eigenvalue weighted by Crippen LogP contribution is 2.01. The van der Waals surface area contributed by atoms with Crippen LogP contribution in [0.1, 0.15) is 20.8 Å². The fourth-order valence-corrected chi connectivity index (χ4v) is 0.552. The van der Waals surface area contributed by atoms with Gasteiger partial charge >= 0.3 is 5.97 Å². The largest absolute Gasteiger partial charge is 0.458 e. The molecular formula is C8H11NO3. The summed E-state index contributed by atoms with van der Waals surface area (Å²) in [7, 11) is 0. The lowest BCUT2D eigenvalue weighted by Crippen LogP contribution is -2.12. The number of hydrogen-bond donors (Lipinski definition) is 0. The third-order valence-corrected chi connectivity index (χ3v) is 0.991. The highest BCUT2D eigenvalue weighted by molar-refractivity contribution is 5.89. The lowest BCUT2D eigenvalue weighted by Gasteiger charge is -2.05. The molecule has 0 aromatic heterocycles. The molecule has 0 aromatic carbocycles. The van der Waals surface area contributed by atoms with Crippen molar-refractivity contribution in [1.82, 2.24) is 0 Å². The highest BCUT2D eigenvalue weighted by Gasteiger charge is 2.10. The molecule has 4 heteroatoms. The summed E-state index contributed by atoms with van der Waals surface area (Å²) in [5.74, 6) is -0.601. The summed E-state index contributed by atoms with van der Waals surface area (Å²) in [4.78, 5) is 24.0. The second-order valence-electron chi connectivity index (χ2n) is 2.33. The molecule has 0 amide bonds. The van der Waals surface area contributed by atoms with Gasteiger partial charge in [0.1, 0.15) is 0 Å². The molecule has 4 nitrogen and oxygen atoms in total. The standard InChI is InChI=1S/C8H11NO3/c1-4-7(9-5-10)8(11)12-6(2)3/h4,6H,1-3H3. The van der Waals surface area contributed by atoms with Gasteiger partial charge in [-0.15, -0.1) is 0 Å². The van der Waals surface area contributed by atoms with Gasteiger partial charge in [-0.1, -0.05) is 6.08 Å². The molecule has 0 spiro atoms. The highest BCUT2D eigenvalue weighted by atomic mass is 16.5. The van der Waals surface area contributed by atoms with Gasteiger partial charge in [-0.25, -0.2) is 9.59 Å². The third kappa shape index (κ3) is 3.68. The van der Waals surface area contributed by atoms with Gasteiger partial charge < -0.3 is 4.74 Å². The smallest absolute Gasteiger partial charge is 0.357 e.